The molecule has 9 nitrogen and oxygen atoms in total. The number of benzene rings is 3. The number of rotatable bonds is 7. The number of phenols is 1. The minimum absolute atomic E-state index is 0.00811. The highest BCUT2D eigenvalue weighted by atomic mass is 79.9. The lowest BCUT2D eigenvalue weighted by Gasteiger charge is -2.10. The van der Waals surface area contributed by atoms with E-state index in [0.29, 0.717) is 21.4 Å². The zero-order chi connectivity index (χ0) is 28.4. The lowest BCUT2D eigenvalue weighted by molar-refractivity contribution is 0.138. The van der Waals surface area contributed by atoms with Gasteiger partial charge in [0.05, 0.1) is 22.4 Å². The number of halogens is 2. The number of aromatic hydroxyl groups is 1. The van der Waals surface area contributed by atoms with Gasteiger partial charge in [0.1, 0.15) is 12.1 Å². The molecule has 0 radical (unpaired) electrons. The van der Waals surface area contributed by atoms with Gasteiger partial charge in [0, 0.05) is 27.9 Å². The monoisotopic (exact) mass is 684 g/mol. The molecule has 40 heavy (non-hydrogen) atoms. The lowest BCUT2D eigenvalue weighted by Crippen LogP contribution is -2.28. The second kappa shape index (κ2) is 11.8. The van der Waals surface area contributed by atoms with E-state index in [1.54, 1.807) is 18.2 Å². The largest absolute Gasteiger partial charge is 0.505 e. The van der Waals surface area contributed by atoms with Crippen LogP contribution in [0.15, 0.2) is 85.3 Å². The number of aryl methyl sites for hydroxylation is 1. The van der Waals surface area contributed by atoms with Gasteiger partial charge in [0.15, 0.2) is 5.75 Å². The van der Waals surface area contributed by atoms with E-state index in [-0.39, 0.29) is 36.0 Å². The Morgan fingerprint density at radius 3 is 2.42 bits per heavy atom. The van der Waals surface area contributed by atoms with Crippen LogP contribution in [0.1, 0.15) is 22.4 Å². The summed E-state index contributed by atoms with van der Waals surface area (Å²) < 4.78 is 9.15. The molecular weight excluding hydrogens is 664 g/mol. The zero-order valence-electron chi connectivity index (χ0n) is 21.1. The first kappa shape index (κ1) is 27.8. The number of carbonyl (C=O) groups excluding carboxylic acids is 1. The van der Waals surface area contributed by atoms with Crippen LogP contribution >= 0.6 is 43.4 Å². The Kier molecular flexibility index (Phi) is 8.19. The predicted molar refractivity (Wildman–Crippen MR) is 160 cm³/mol. The van der Waals surface area contributed by atoms with E-state index < -0.39 is 6.09 Å². The van der Waals surface area contributed by atoms with Gasteiger partial charge in [-0.05, 0) is 64.3 Å². The fourth-order valence-corrected chi connectivity index (χ4v) is 6.04. The molecule has 2 heterocycles. The van der Waals surface area contributed by atoms with E-state index in [2.05, 4.69) is 42.2 Å². The maximum atomic E-state index is 12.9. The van der Waals surface area contributed by atoms with Gasteiger partial charge >= 0.3 is 16.7 Å². The summed E-state index contributed by atoms with van der Waals surface area (Å²) in [4.78, 5) is 41.7. The second-order valence-electron chi connectivity index (χ2n) is 8.99. The molecule has 0 aliphatic heterocycles. The van der Waals surface area contributed by atoms with Crippen LogP contribution in [0, 0.1) is 6.92 Å². The molecule has 2 N–H and O–H groups in total. The number of ether oxygens (including phenoxy) is 1. The average Bonchev–Trinajstić information content (AvgIpc) is 3.23. The van der Waals surface area contributed by atoms with Crippen LogP contribution in [0.4, 0.5) is 4.79 Å². The summed E-state index contributed by atoms with van der Waals surface area (Å²) >= 11 is 7.60. The Bertz CT molecular complexity index is 1830. The number of hydrogen-bond donors (Lipinski definition) is 2. The van der Waals surface area contributed by atoms with Gasteiger partial charge in [0.25, 0.3) is 0 Å². The fraction of sp³-hybridized carbons (Fsp3) is 0.143. The highest BCUT2D eigenvalue weighted by Gasteiger charge is 2.14. The molecule has 1 amide bonds. The summed E-state index contributed by atoms with van der Waals surface area (Å²) in [7, 11) is 0. The number of alkyl carbamates (subject to hydrolysis) is 1. The number of hydrogen-bond acceptors (Lipinski definition) is 7. The van der Waals surface area contributed by atoms with Crippen LogP contribution in [0.5, 0.6) is 5.75 Å². The molecule has 0 aliphatic carbocycles. The Balaban J connectivity index is 1.17. The van der Waals surface area contributed by atoms with Crippen LogP contribution in [0.2, 0.25) is 0 Å². The van der Waals surface area contributed by atoms with Crippen molar-refractivity contribution >= 4 is 60.4 Å². The summed E-state index contributed by atoms with van der Waals surface area (Å²) in [6.45, 7) is 2.26. The van der Waals surface area contributed by atoms with Crippen molar-refractivity contribution in [3.8, 4) is 11.4 Å². The summed E-state index contributed by atoms with van der Waals surface area (Å²) in [5.74, 6) is 0.00811. The standard InChI is InChI=1S/C28H22Br2N4O5S/c1-16-2-9-20(10-3-16)34-27(37)33(28(38)40-34)14-18-6-4-17(5-7-18)13-31-26(36)39-15-19-8-11-21-22(29)12-23(30)25(35)24(21)32-19/h2-12,35H,13-15H2,1H3,(H,31,36). The summed E-state index contributed by atoms with van der Waals surface area (Å²) in [5, 5.41) is 13.7. The lowest BCUT2D eigenvalue weighted by atomic mass is 10.1. The number of aromatic nitrogens is 3. The molecule has 5 rings (SSSR count). The van der Waals surface area contributed by atoms with Gasteiger partial charge in [-0.25, -0.2) is 23.1 Å². The Labute approximate surface area is 249 Å². The van der Waals surface area contributed by atoms with Crippen LogP contribution < -0.4 is 15.9 Å². The van der Waals surface area contributed by atoms with Gasteiger partial charge in [0.2, 0.25) is 0 Å². The minimum atomic E-state index is -0.618. The third-order valence-corrected chi connectivity index (χ3v) is 8.32. The molecule has 204 valence electrons. The molecule has 0 saturated heterocycles. The van der Waals surface area contributed by atoms with Crippen LogP contribution in [0.25, 0.3) is 16.6 Å². The van der Waals surface area contributed by atoms with Crippen molar-refractivity contribution in [3.05, 3.63) is 118 Å². The fourth-order valence-electron chi connectivity index (χ4n) is 3.96. The van der Waals surface area contributed by atoms with E-state index in [1.807, 2.05) is 55.5 Å². The number of phenolic OH excluding ortho intramolecular Hbond substituents is 1. The molecule has 0 spiro atoms. The van der Waals surface area contributed by atoms with Gasteiger partial charge in [-0.2, -0.15) is 0 Å². The molecular formula is C28H22Br2N4O5S. The van der Waals surface area contributed by atoms with Gasteiger partial charge in [-0.3, -0.25) is 4.79 Å². The topological polar surface area (TPSA) is 115 Å². The van der Waals surface area contributed by atoms with Gasteiger partial charge in [-0.15, -0.1) is 0 Å². The molecule has 0 saturated carbocycles. The normalized spacial score (nSPS) is 11.1. The second-order valence-corrected chi connectivity index (χ2v) is 11.6. The maximum Gasteiger partial charge on any atom is 0.407 e. The van der Waals surface area contributed by atoms with Crippen molar-refractivity contribution in [2.75, 3.05) is 0 Å². The molecule has 5 aromatic rings. The van der Waals surface area contributed by atoms with Crippen molar-refractivity contribution < 1.29 is 14.6 Å². The summed E-state index contributed by atoms with van der Waals surface area (Å²) in [6, 6.07) is 19.9. The van der Waals surface area contributed by atoms with E-state index >= 15 is 0 Å². The van der Waals surface area contributed by atoms with Crippen molar-refractivity contribution in [2.45, 2.75) is 26.6 Å². The van der Waals surface area contributed by atoms with Crippen LogP contribution in [-0.4, -0.2) is 24.7 Å². The molecule has 0 bridgehead atoms. The summed E-state index contributed by atoms with van der Waals surface area (Å²) in [6.07, 6.45) is -0.618. The highest BCUT2D eigenvalue weighted by Crippen LogP contribution is 2.36. The van der Waals surface area contributed by atoms with Crippen molar-refractivity contribution in [1.29, 1.82) is 0 Å². The number of carbonyl (C=O) groups is 1. The molecule has 2 aromatic heterocycles. The first-order valence-corrected chi connectivity index (χ1v) is 14.4. The molecule has 0 atom stereocenters. The first-order valence-electron chi connectivity index (χ1n) is 12.0. The van der Waals surface area contributed by atoms with E-state index in [9.17, 15) is 19.5 Å². The maximum absolute atomic E-state index is 12.9. The molecule has 12 heteroatoms. The number of fused-ring (bicyclic) bond motifs is 1. The third-order valence-electron chi connectivity index (χ3n) is 6.13. The predicted octanol–water partition coefficient (Wildman–Crippen LogP) is 5.62. The van der Waals surface area contributed by atoms with E-state index in [4.69, 9.17) is 4.74 Å². The molecule has 0 unspecified atom stereocenters. The van der Waals surface area contributed by atoms with E-state index in [1.165, 1.54) is 8.52 Å². The average molecular weight is 686 g/mol. The quantitative estimate of drug-likeness (QED) is 0.230. The van der Waals surface area contributed by atoms with E-state index in [0.717, 1.165) is 38.1 Å². The SMILES string of the molecule is Cc1ccc(-n2sc(=O)n(Cc3ccc(CNC(=O)OCc4ccc5c(Br)cc(Br)c(O)c5n4)cc3)c2=O)cc1. The van der Waals surface area contributed by atoms with Gasteiger partial charge in [-0.1, -0.05) is 57.9 Å². The highest BCUT2D eigenvalue weighted by molar-refractivity contribution is 9.11. The zero-order valence-corrected chi connectivity index (χ0v) is 25.0. The van der Waals surface area contributed by atoms with Crippen LogP contribution in [-0.2, 0) is 24.4 Å². The summed E-state index contributed by atoms with van der Waals surface area (Å²) in [5.41, 5.74) is 3.81. The Hall–Kier alpha value is -3.74. The van der Waals surface area contributed by atoms with Crippen molar-refractivity contribution in [2.24, 2.45) is 0 Å². The molecule has 0 fully saturated rings. The third kappa shape index (κ3) is 6.03. The van der Waals surface area contributed by atoms with Gasteiger partial charge < -0.3 is 15.2 Å². The minimum Gasteiger partial charge on any atom is -0.505 e. The smallest absolute Gasteiger partial charge is 0.407 e. The number of nitrogens with zero attached hydrogens (tertiary/aromatic N) is 3. The number of pyridine rings is 1. The molecule has 3 aromatic carbocycles. The molecule has 0 aliphatic rings. The van der Waals surface area contributed by atoms with Crippen molar-refractivity contribution in [3.63, 3.8) is 0 Å². The van der Waals surface area contributed by atoms with Crippen molar-refractivity contribution in [1.82, 2.24) is 18.8 Å². The number of nitrogens with one attached hydrogen (secondary N) is 1. The van der Waals surface area contributed by atoms with Crippen LogP contribution in [0.3, 0.4) is 0 Å². The Morgan fingerprint density at radius 2 is 1.70 bits per heavy atom. The first-order chi connectivity index (χ1) is 19.2. The Morgan fingerprint density at radius 1 is 1.00 bits per heavy atom. The number of amides is 1.